The number of rotatable bonds is 6. The summed E-state index contributed by atoms with van der Waals surface area (Å²) in [6.07, 6.45) is 0. The van der Waals surface area contributed by atoms with Crippen LogP contribution < -0.4 is 14.2 Å². The van der Waals surface area contributed by atoms with E-state index in [1.807, 2.05) is 36.4 Å². The Bertz CT molecular complexity index is 1200. The smallest absolute Gasteiger partial charge is 0.341 e. The predicted octanol–water partition coefficient (Wildman–Crippen LogP) is 3.86. The summed E-state index contributed by atoms with van der Waals surface area (Å²) in [4.78, 5) is 23.7. The van der Waals surface area contributed by atoms with Gasteiger partial charge in [0.05, 0.1) is 5.92 Å². The largest absolute Gasteiger partial charge is 0.482 e. The fraction of sp³-hybridized carbons (Fsp3) is 0.200. The average molecular weight is 432 g/mol. The average Bonchev–Trinajstić information content (AvgIpc) is 3.39. The monoisotopic (exact) mass is 432 g/mol. The van der Waals surface area contributed by atoms with E-state index < -0.39 is 36.3 Å². The van der Waals surface area contributed by atoms with Gasteiger partial charge in [-0.1, -0.05) is 48.5 Å². The molecule has 5 rings (SSSR count). The highest BCUT2D eigenvalue weighted by Gasteiger charge is 2.47. The van der Waals surface area contributed by atoms with Gasteiger partial charge in [-0.15, -0.1) is 0 Å². The molecule has 0 radical (unpaired) electrons. The highest BCUT2D eigenvalue weighted by molar-refractivity contribution is 5.78. The molecule has 0 saturated carbocycles. The minimum absolute atomic E-state index is 0.138. The normalized spacial score (nSPS) is 20.6. The molecule has 3 aromatic carbocycles. The SMILES string of the molecule is O=C(O)COc1ccccc1[C@@H]1c2ccccc2[C@H](c2ccc3c(c2)OCO3)C1C(=O)O. The molecule has 3 aromatic rings. The number of carboxylic acid groups (broad SMARTS) is 2. The molecule has 0 spiro atoms. The van der Waals surface area contributed by atoms with Gasteiger partial charge in [0.15, 0.2) is 18.1 Å². The zero-order chi connectivity index (χ0) is 22.2. The van der Waals surface area contributed by atoms with E-state index in [9.17, 15) is 14.7 Å². The van der Waals surface area contributed by atoms with Crippen LogP contribution in [0.5, 0.6) is 17.2 Å². The quantitative estimate of drug-likeness (QED) is 0.610. The molecule has 1 aliphatic heterocycles. The van der Waals surface area contributed by atoms with E-state index in [0.29, 0.717) is 22.8 Å². The third kappa shape index (κ3) is 3.32. The molecule has 2 N–H and O–H groups in total. The molecule has 3 atom stereocenters. The van der Waals surface area contributed by atoms with Crippen molar-refractivity contribution in [2.75, 3.05) is 13.4 Å². The maximum absolute atomic E-state index is 12.7. The van der Waals surface area contributed by atoms with Crippen molar-refractivity contribution in [3.8, 4) is 17.2 Å². The Kier molecular flexibility index (Phi) is 4.93. The summed E-state index contributed by atoms with van der Waals surface area (Å²) in [5.41, 5.74) is 3.27. The van der Waals surface area contributed by atoms with Crippen LogP contribution in [0.1, 0.15) is 34.1 Å². The van der Waals surface area contributed by atoms with Crippen molar-refractivity contribution in [3.05, 3.63) is 89.0 Å². The molecule has 1 aliphatic carbocycles. The summed E-state index contributed by atoms with van der Waals surface area (Å²) in [6, 6.07) is 20.2. The van der Waals surface area contributed by atoms with E-state index >= 15 is 0 Å². The van der Waals surface area contributed by atoms with E-state index in [1.54, 1.807) is 30.3 Å². The van der Waals surface area contributed by atoms with Gasteiger partial charge in [-0.2, -0.15) is 0 Å². The number of para-hydroxylation sites is 1. The molecule has 7 heteroatoms. The lowest BCUT2D eigenvalue weighted by Crippen LogP contribution is -2.24. The minimum Gasteiger partial charge on any atom is -0.482 e. The van der Waals surface area contributed by atoms with Crippen LogP contribution >= 0.6 is 0 Å². The van der Waals surface area contributed by atoms with Gasteiger partial charge in [0, 0.05) is 17.4 Å². The second kappa shape index (κ2) is 7.92. The third-order valence-electron chi connectivity index (χ3n) is 6.03. The molecule has 0 aromatic heterocycles. The van der Waals surface area contributed by atoms with Crippen LogP contribution in [-0.4, -0.2) is 35.6 Å². The van der Waals surface area contributed by atoms with E-state index in [2.05, 4.69) is 0 Å². The zero-order valence-electron chi connectivity index (χ0n) is 16.9. The first kappa shape index (κ1) is 19.9. The van der Waals surface area contributed by atoms with Gasteiger partial charge in [0.2, 0.25) is 6.79 Å². The Balaban J connectivity index is 1.65. The van der Waals surface area contributed by atoms with Gasteiger partial charge < -0.3 is 24.4 Å². The summed E-state index contributed by atoms with van der Waals surface area (Å²) in [5, 5.41) is 19.4. The van der Waals surface area contributed by atoms with Gasteiger partial charge >= 0.3 is 11.9 Å². The Hall–Kier alpha value is -4.00. The number of ether oxygens (including phenoxy) is 3. The zero-order valence-corrected chi connectivity index (χ0v) is 16.9. The molecule has 0 saturated heterocycles. The van der Waals surface area contributed by atoms with Crippen LogP contribution in [0.4, 0.5) is 0 Å². The van der Waals surface area contributed by atoms with Crippen molar-refractivity contribution >= 4 is 11.9 Å². The Labute approximate surface area is 183 Å². The van der Waals surface area contributed by atoms with Crippen molar-refractivity contribution in [2.45, 2.75) is 11.8 Å². The summed E-state index contributed by atoms with van der Waals surface area (Å²) >= 11 is 0. The fourth-order valence-electron chi connectivity index (χ4n) is 4.80. The lowest BCUT2D eigenvalue weighted by Gasteiger charge is -2.24. The maximum atomic E-state index is 12.7. The molecule has 1 heterocycles. The van der Waals surface area contributed by atoms with E-state index in [1.165, 1.54) is 0 Å². The van der Waals surface area contributed by atoms with Crippen molar-refractivity contribution in [1.82, 2.24) is 0 Å². The minimum atomic E-state index is -1.10. The fourth-order valence-corrected chi connectivity index (χ4v) is 4.80. The number of aliphatic carboxylic acids is 2. The first-order chi connectivity index (χ1) is 15.5. The standard InChI is InChI=1S/C25H20O7/c26-21(27)12-30-18-8-4-3-7-17(18)23-16-6-2-1-5-15(16)22(24(23)25(28)29)14-9-10-19-20(11-14)32-13-31-19/h1-11,22-24H,12-13H2,(H,26,27)(H,28,29)/t22-,23-,24?/m0/s1. The highest BCUT2D eigenvalue weighted by atomic mass is 16.7. The van der Waals surface area contributed by atoms with E-state index in [0.717, 1.165) is 16.7 Å². The molecule has 1 unspecified atom stereocenters. The molecule has 0 fully saturated rings. The van der Waals surface area contributed by atoms with Crippen LogP contribution in [0.25, 0.3) is 0 Å². The summed E-state index contributed by atoms with van der Waals surface area (Å²) in [7, 11) is 0. The number of carboxylic acids is 2. The van der Waals surface area contributed by atoms with Gasteiger partial charge in [0.1, 0.15) is 5.75 Å². The molecular formula is C25H20O7. The number of carbonyl (C=O) groups is 2. The van der Waals surface area contributed by atoms with E-state index in [-0.39, 0.29) is 6.79 Å². The number of hydrogen-bond acceptors (Lipinski definition) is 5. The first-order valence-corrected chi connectivity index (χ1v) is 10.2. The van der Waals surface area contributed by atoms with Crippen LogP contribution in [0, 0.1) is 5.92 Å². The first-order valence-electron chi connectivity index (χ1n) is 10.2. The molecule has 7 nitrogen and oxygen atoms in total. The second-order valence-corrected chi connectivity index (χ2v) is 7.78. The molecular weight excluding hydrogens is 412 g/mol. The van der Waals surface area contributed by atoms with Crippen LogP contribution in [0.2, 0.25) is 0 Å². The molecule has 2 aliphatic rings. The maximum Gasteiger partial charge on any atom is 0.341 e. The number of benzene rings is 3. The third-order valence-corrected chi connectivity index (χ3v) is 6.03. The predicted molar refractivity (Wildman–Crippen MR) is 113 cm³/mol. The summed E-state index contributed by atoms with van der Waals surface area (Å²) in [5.74, 6) is -2.19. The van der Waals surface area contributed by atoms with Crippen molar-refractivity contribution in [1.29, 1.82) is 0 Å². The van der Waals surface area contributed by atoms with Crippen molar-refractivity contribution < 1.29 is 34.0 Å². The van der Waals surface area contributed by atoms with Gasteiger partial charge in [0.25, 0.3) is 0 Å². The second-order valence-electron chi connectivity index (χ2n) is 7.78. The topological polar surface area (TPSA) is 102 Å². The van der Waals surface area contributed by atoms with Crippen LogP contribution in [0.3, 0.4) is 0 Å². The Morgan fingerprint density at radius 1 is 0.844 bits per heavy atom. The Morgan fingerprint density at radius 2 is 1.50 bits per heavy atom. The number of fused-ring (bicyclic) bond motifs is 2. The lowest BCUT2D eigenvalue weighted by atomic mass is 9.79. The lowest BCUT2D eigenvalue weighted by molar-refractivity contribution is -0.142. The van der Waals surface area contributed by atoms with Crippen molar-refractivity contribution in [2.24, 2.45) is 5.92 Å². The molecule has 162 valence electrons. The molecule has 32 heavy (non-hydrogen) atoms. The van der Waals surface area contributed by atoms with Crippen LogP contribution in [-0.2, 0) is 9.59 Å². The summed E-state index contributed by atoms with van der Waals surface area (Å²) in [6.45, 7) is -0.367. The van der Waals surface area contributed by atoms with E-state index in [4.69, 9.17) is 19.3 Å². The molecule has 0 bridgehead atoms. The molecule has 0 amide bonds. The highest BCUT2D eigenvalue weighted by Crippen LogP contribution is 2.54. The van der Waals surface area contributed by atoms with Crippen LogP contribution in [0.15, 0.2) is 66.7 Å². The van der Waals surface area contributed by atoms with Gasteiger partial charge in [-0.25, -0.2) is 4.79 Å². The van der Waals surface area contributed by atoms with Gasteiger partial charge in [-0.3, -0.25) is 4.79 Å². The van der Waals surface area contributed by atoms with Gasteiger partial charge in [-0.05, 0) is 34.9 Å². The Morgan fingerprint density at radius 3 is 2.22 bits per heavy atom. The van der Waals surface area contributed by atoms with Crippen molar-refractivity contribution in [3.63, 3.8) is 0 Å². The summed E-state index contributed by atoms with van der Waals surface area (Å²) < 4.78 is 16.5. The number of hydrogen-bond donors (Lipinski definition) is 2.